The summed E-state index contributed by atoms with van der Waals surface area (Å²) < 4.78 is 5.58. The normalized spacial score (nSPS) is 16.4. The van der Waals surface area contributed by atoms with Crippen LogP contribution >= 0.6 is 0 Å². The molecule has 1 amide bonds. The van der Waals surface area contributed by atoms with Crippen molar-refractivity contribution in [1.29, 1.82) is 0 Å². The molecule has 3 nitrogen and oxygen atoms in total. The van der Waals surface area contributed by atoms with Crippen molar-refractivity contribution in [3.63, 3.8) is 0 Å². The van der Waals surface area contributed by atoms with Crippen LogP contribution in [0.3, 0.4) is 0 Å². The molecule has 0 aliphatic carbocycles. The summed E-state index contributed by atoms with van der Waals surface area (Å²) in [6, 6.07) is 9.66. The Morgan fingerprint density at radius 2 is 1.90 bits per heavy atom. The van der Waals surface area contributed by atoms with E-state index in [1.54, 1.807) is 0 Å². The van der Waals surface area contributed by atoms with Crippen molar-refractivity contribution in [1.82, 2.24) is 4.90 Å². The molecule has 1 aliphatic heterocycles. The topological polar surface area (TPSA) is 29.5 Å². The van der Waals surface area contributed by atoms with E-state index in [1.807, 2.05) is 35.2 Å². The van der Waals surface area contributed by atoms with Crippen LogP contribution in [-0.2, 0) is 4.79 Å². The molecule has 1 aromatic carbocycles. The van der Waals surface area contributed by atoms with Crippen LogP contribution in [0.15, 0.2) is 30.3 Å². The van der Waals surface area contributed by atoms with Gasteiger partial charge in [0.25, 0.3) is 0 Å². The molecule has 3 heteroatoms. The Morgan fingerprint density at radius 3 is 2.50 bits per heavy atom. The van der Waals surface area contributed by atoms with E-state index in [-0.39, 0.29) is 5.91 Å². The van der Waals surface area contributed by atoms with Gasteiger partial charge in [-0.05, 0) is 36.8 Å². The predicted molar refractivity (Wildman–Crippen MR) is 80.7 cm³/mol. The second kappa shape index (κ2) is 7.32. The maximum Gasteiger partial charge on any atom is 0.225 e. The van der Waals surface area contributed by atoms with Crippen molar-refractivity contribution < 1.29 is 9.53 Å². The molecular formula is C17H25NO2. The summed E-state index contributed by atoms with van der Waals surface area (Å²) in [7, 11) is 0. The van der Waals surface area contributed by atoms with Gasteiger partial charge in [-0.3, -0.25) is 4.79 Å². The second-order valence-corrected chi connectivity index (χ2v) is 5.87. The Balaban J connectivity index is 1.68. The monoisotopic (exact) mass is 275 g/mol. The van der Waals surface area contributed by atoms with E-state index in [0.29, 0.717) is 13.0 Å². The first-order valence-corrected chi connectivity index (χ1v) is 7.62. The predicted octanol–water partition coefficient (Wildman–Crippen LogP) is 3.35. The molecule has 1 aromatic rings. The summed E-state index contributed by atoms with van der Waals surface area (Å²) in [4.78, 5) is 14.1. The molecule has 0 N–H and O–H groups in total. The minimum absolute atomic E-state index is 0.225. The van der Waals surface area contributed by atoms with Gasteiger partial charge in [0, 0.05) is 13.1 Å². The van der Waals surface area contributed by atoms with Gasteiger partial charge in [0.2, 0.25) is 5.91 Å². The molecule has 0 atom stereocenters. The van der Waals surface area contributed by atoms with Gasteiger partial charge in [-0.15, -0.1) is 0 Å². The summed E-state index contributed by atoms with van der Waals surface area (Å²) in [6.07, 6.45) is 2.76. The van der Waals surface area contributed by atoms with Gasteiger partial charge >= 0.3 is 0 Å². The molecule has 20 heavy (non-hydrogen) atoms. The van der Waals surface area contributed by atoms with Gasteiger partial charge in [0.05, 0.1) is 13.0 Å². The van der Waals surface area contributed by atoms with Crippen molar-refractivity contribution in [3.8, 4) is 5.75 Å². The Hall–Kier alpha value is -1.51. The van der Waals surface area contributed by atoms with E-state index >= 15 is 0 Å². The molecule has 0 aromatic heterocycles. The average molecular weight is 275 g/mol. The van der Waals surface area contributed by atoms with Gasteiger partial charge in [-0.25, -0.2) is 0 Å². The highest BCUT2D eigenvalue weighted by molar-refractivity contribution is 5.76. The number of benzene rings is 1. The van der Waals surface area contributed by atoms with Gasteiger partial charge in [-0.1, -0.05) is 32.0 Å². The second-order valence-electron chi connectivity index (χ2n) is 5.87. The Bertz CT molecular complexity index is 408. The van der Waals surface area contributed by atoms with Crippen LogP contribution in [0.5, 0.6) is 5.75 Å². The lowest BCUT2D eigenvalue weighted by Crippen LogP contribution is -2.40. The van der Waals surface area contributed by atoms with Crippen LogP contribution in [0.25, 0.3) is 0 Å². The Kier molecular flexibility index (Phi) is 5.45. The maximum atomic E-state index is 12.1. The molecule has 110 valence electrons. The zero-order chi connectivity index (χ0) is 14.4. The summed E-state index contributed by atoms with van der Waals surface area (Å²) in [5, 5.41) is 0. The Labute approximate surface area is 121 Å². The molecule has 0 bridgehead atoms. The quantitative estimate of drug-likeness (QED) is 0.824. The lowest BCUT2D eigenvalue weighted by molar-refractivity contribution is -0.133. The maximum absolute atomic E-state index is 12.1. The third kappa shape index (κ3) is 4.26. The largest absolute Gasteiger partial charge is 0.493 e. The van der Waals surface area contributed by atoms with Crippen molar-refractivity contribution in [3.05, 3.63) is 30.3 Å². The SMILES string of the molecule is CC(C)C1CCN(C(=O)CCOc2ccccc2)CC1. The fraction of sp³-hybridized carbons (Fsp3) is 0.588. The third-order valence-electron chi connectivity index (χ3n) is 4.16. The lowest BCUT2D eigenvalue weighted by atomic mass is 9.86. The molecule has 0 radical (unpaired) electrons. The van der Waals surface area contributed by atoms with E-state index in [4.69, 9.17) is 4.74 Å². The molecule has 0 spiro atoms. The summed E-state index contributed by atoms with van der Waals surface area (Å²) in [5.74, 6) is 2.57. The molecule has 1 heterocycles. The van der Waals surface area contributed by atoms with Gasteiger partial charge in [0.15, 0.2) is 0 Å². The van der Waals surface area contributed by atoms with E-state index < -0.39 is 0 Å². The smallest absolute Gasteiger partial charge is 0.225 e. The van der Waals surface area contributed by atoms with Crippen LogP contribution < -0.4 is 4.74 Å². The number of carbonyl (C=O) groups excluding carboxylic acids is 1. The number of para-hydroxylation sites is 1. The number of carbonyl (C=O) groups is 1. The summed E-state index contributed by atoms with van der Waals surface area (Å²) >= 11 is 0. The zero-order valence-corrected chi connectivity index (χ0v) is 12.5. The first-order chi connectivity index (χ1) is 9.66. The zero-order valence-electron chi connectivity index (χ0n) is 12.5. The van der Waals surface area contributed by atoms with Crippen LogP contribution in [0.4, 0.5) is 0 Å². The summed E-state index contributed by atoms with van der Waals surface area (Å²) in [5.41, 5.74) is 0. The summed E-state index contributed by atoms with van der Waals surface area (Å²) in [6.45, 7) is 6.83. The molecular weight excluding hydrogens is 250 g/mol. The molecule has 0 saturated carbocycles. The van der Waals surface area contributed by atoms with Crippen LogP contribution in [-0.4, -0.2) is 30.5 Å². The highest BCUT2D eigenvalue weighted by Gasteiger charge is 2.24. The number of piperidine rings is 1. The molecule has 1 aliphatic rings. The number of ether oxygens (including phenoxy) is 1. The Morgan fingerprint density at radius 1 is 1.25 bits per heavy atom. The highest BCUT2D eigenvalue weighted by Crippen LogP contribution is 2.24. The minimum atomic E-state index is 0.225. The number of nitrogens with zero attached hydrogens (tertiary/aromatic N) is 1. The molecule has 1 fully saturated rings. The van der Waals surface area contributed by atoms with Gasteiger partial charge in [-0.2, -0.15) is 0 Å². The highest BCUT2D eigenvalue weighted by atomic mass is 16.5. The van der Waals surface area contributed by atoms with Crippen molar-refractivity contribution in [2.75, 3.05) is 19.7 Å². The van der Waals surface area contributed by atoms with Crippen LogP contribution in [0, 0.1) is 11.8 Å². The van der Waals surface area contributed by atoms with E-state index in [1.165, 1.54) is 0 Å². The fourth-order valence-electron chi connectivity index (χ4n) is 2.75. The lowest BCUT2D eigenvalue weighted by Gasteiger charge is -2.33. The standard InChI is InChI=1S/C17H25NO2/c1-14(2)15-8-11-18(12-9-15)17(19)10-13-20-16-6-4-3-5-7-16/h3-7,14-15H,8-13H2,1-2H3. The molecule has 2 rings (SSSR count). The number of hydrogen-bond acceptors (Lipinski definition) is 2. The van der Waals surface area contributed by atoms with E-state index in [9.17, 15) is 4.79 Å². The van der Waals surface area contributed by atoms with Crippen LogP contribution in [0.1, 0.15) is 33.1 Å². The number of amides is 1. The number of rotatable bonds is 5. The first kappa shape index (κ1) is 14.9. The minimum Gasteiger partial charge on any atom is -0.493 e. The molecule has 1 saturated heterocycles. The first-order valence-electron chi connectivity index (χ1n) is 7.62. The number of hydrogen-bond donors (Lipinski definition) is 0. The van der Waals surface area contributed by atoms with E-state index in [0.717, 1.165) is 43.5 Å². The number of likely N-dealkylation sites (tertiary alicyclic amines) is 1. The third-order valence-corrected chi connectivity index (χ3v) is 4.16. The molecule has 0 unspecified atom stereocenters. The van der Waals surface area contributed by atoms with Gasteiger partial charge in [0.1, 0.15) is 5.75 Å². The van der Waals surface area contributed by atoms with E-state index in [2.05, 4.69) is 13.8 Å². The van der Waals surface area contributed by atoms with Crippen molar-refractivity contribution in [2.45, 2.75) is 33.1 Å². The van der Waals surface area contributed by atoms with Crippen LogP contribution in [0.2, 0.25) is 0 Å². The van der Waals surface area contributed by atoms with Crippen molar-refractivity contribution >= 4 is 5.91 Å². The van der Waals surface area contributed by atoms with Crippen molar-refractivity contribution in [2.24, 2.45) is 11.8 Å². The average Bonchev–Trinajstić information content (AvgIpc) is 2.48. The van der Waals surface area contributed by atoms with Gasteiger partial charge < -0.3 is 9.64 Å². The fourth-order valence-corrected chi connectivity index (χ4v) is 2.75.